The van der Waals surface area contributed by atoms with Gasteiger partial charge in [0.05, 0.1) is 13.0 Å². The maximum Gasteiger partial charge on any atom is 0.228 e. The summed E-state index contributed by atoms with van der Waals surface area (Å²) in [6.45, 7) is 0.680. The fourth-order valence-corrected chi connectivity index (χ4v) is 2.87. The molecule has 1 amide bonds. The van der Waals surface area contributed by atoms with Gasteiger partial charge in [0.1, 0.15) is 5.75 Å². The zero-order chi connectivity index (χ0) is 14.4. The first-order valence-electron chi connectivity index (χ1n) is 6.94. The molecule has 0 bridgehead atoms. The number of ether oxygens (including phenoxy) is 1. The van der Waals surface area contributed by atoms with Crippen LogP contribution in [-0.4, -0.2) is 18.3 Å². The van der Waals surface area contributed by atoms with Crippen LogP contribution in [0.5, 0.6) is 5.75 Å². The van der Waals surface area contributed by atoms with Gasteiger partial charge >= 0.3 is 0 Å². The third-order valence-electron chi connectivity index (χ3n) is 3.94. The lowest BCUT2D eigenvalue weighted by Crippen LogP contribution is -2.03. The molecule has 104 valence electrons. The SMILES string of the molecule is O=C1Cc2cc(C(=O)c3ccc4c(c3)CCO4)ccc2N1. The van der Waals surface area contributed by atoms with E-state index in [0.29, 0.717) is 24.2 Å². The lowest BCUT2D eigenvalue weighted by Gasteiger charge is -2.05. The van der Waals surface area contributed by atoms with Crippen molar-refractivity contribution in [1.29, 1.82) is 0 Å². The van der Waals surface area contributed by atoms with Gasteiger partial charge < -0.3 is 10.1 Å². The first-order chi connectivity index (χ1) is 10.2. The normalized spacial score (nSPS) is 15.1. The molecule has 2 aromatic carbocycles. The summed E-state index contributed by atoms with van der Waals surface area (Å²) in [4.78, 5) is 24.0. The van der Waals surface area contributed by atoms with Gasteiger partial charge in [0, 0.05) is 23.2 Å². The minimum absolute atomic E-state index is 0.0214. The molecule has 1 N–H and O–H groups in total. The molecule has 2 aliphatic heterocycles. The fourth-order valence-electron chi connectivity index (χ4n) is 2.87. The summed E-state index contributed by atoms with van der Waals surface area (Å²) in [5.41, 5.74) is 4.05. The highest BCUT2D eigenvalue weighted by molar-refractivity contribution is 6.10. The number of anilines is 1. The largest absolute Gasteiger partial charge is 0.493 e. The summed E-state index contributed by atoms with van der Waals surface area (Å²) < 4.78 is 5.45. The first kappa shape index (κ1) is 12.1. The van der Waals surface area contributed by atoms with E-state index in [0.717, 1.165) is 29.0 Å². The molecular weight excluding hydrogens is 266 g/mol. The third-order valence-corrected chi connectivity index (χ3v) is 3.94. The molecule has 2 heterocycles. The maximum absolute atomic E-state index is 12.6. The Balaban J connectivity index is 1.69. The molecular formula is C17H13NO3. The number of carbonyl (C=O) groups is 2. The van der Waals surface area contributed by atoms with Gasteiger partial charge in [0.15, 0.2) is 5.78 Å². The number of carbonyl (C=O) groups excluding carboxylic acids is 2. The predicted molar refractivity (Wildman–Crippen MR) is 77.8 cm³/mol. The average molecular weight is 279 g/mol. The molecule has 21 heavy (non-hydrogen) atoms. The summed E-state index contributed by atoms with van der Waals surface area (Å²) in [5, 5.41) is 2.77. The molecule has 0 unspecified atom stereocenters. The van der Waals surface area contributed by atoms with Crippen molar-refractivity contribution in [2.75, 3.05) is 11.9 Å². The van der Waals surface area contributed by atoms with Crippen molar-refractivity contribution in [1.82, 2.24) is 0 Å². The summed E-state index contributed by atoms with van der Waals surface area (Å²) in [6, 6.07) is 10.9. The molecule has 0 radical (unpaired) electrons. The fraction of sp³-hybridized carbons (Fsp3) is 0.176. The van der Waals surface area contributed by atoms with Crippen molar-refractivity contribution >= 4 is 17.4 Å². The van der Waals surface area contributed by atoms with Crippen molar-refractivity contribution in [2.24, 2.45) is 0 Å². The van der Waals surface area contributed by atoms with Gasteiger partial charge in [-0.05, 0) is 47.5 Å². The van der Waals surface area contributed by atoms with E-state index < -0.39 is 0 Å². The molecule has 0 atom stereocenters. The molecule has 0 saturated carbocycles. The van der Waals surface area contributed by atoms with Crippen molar-refractivity contribution < 1.29 is 14.3 Å². The second kappa shape index (κ2) is 4.45. The zero-order valence-electron chi connectivity index (χ0n) is 11.3. The number of hydrogen-bond acceptors (Lipinski definition) is 3. The standard InChI is InChI=1S/C17H13NO3/c19-16-9-13-8-11(1-3-14(13)18-16)17(20)12-2-4-15-10(7-12)5-6-21-15/h1-4,7-8H,5-6,9H2,(H,18,19). The summed E-state index contributed by atoms with van der Waals surface area (Å²) in [5.74, 6) is 0.825. The highest BCUT2D eigenvalue weighted by Crippen LogP contribution is 2.28. The van der Waals surface area contributed by atoms with Crippen LogP contribution in [-0.2, 0) is 17.6 Å². The van der Waals surface area contributed by atoms with Crippen LogP contribution in [0.4, 0.5) is 5.69 Å². The smallest absolute Gasteiger partial charge is 0.228 e. The van der Waals surface area contributed by atoms with E-state index in [-0.39, 0.29) is 11.7 Å². The van der Waals surface area contributed by atoms with E-state index in [1.807, 2.05) is 12.1 Å². The molecule has 4 heteroatoms. The van der Waals surface area contributed by atoms with Gasteiger partial charge in [-0.1, -0.05) is 0 Å². The van der Waals surface area contributed by atoms with E-state index in [9.17, 15) is 9.59 Å². The molecule has 4 nitrogen and oxygen atoms in total. The van der Waals surface area contributed by atoms with E-state index in [1.165, 1.54) is 0 Å². The molecule has 2 aromatic rings. The minimum atomic E-state index is -0.0238. The van der Waals surface area contributed by atoms with E-state index in [2.05, 4.69) is 5.32 Å². The number of amides is 1. The Morgan fingerprint density at radius 3 is 2.67 bits per heavy atom. The van der Waals surface area contributed by atoms with Gasteiger partial charge in [0.25, 0.3) is 0 Å². The molecule has 4 rings (SSSR count). The van der Waals surface area contributed by atoms with Gasteiger partial charge in [-0.2, -0.15) is 0 Å². The van der Waals surface area contributed by atoms with Crippen LogP contribution in [0.25, 0.3) is 0 Å². The molecule has 0 aromatic heterocycles. The lowest BCUT2D eigenvalue weighted by molar-refractivity contribution is -0.115. The van der Waals surface area contributed by atoms with Gasteiger partial charge in [-0.3, -0.25) is 9.59 Å². The van der Waals surface area contributed by atoms with Crippen LogP contribution < -0.4 is 10.1 Å². The van der Waals surface area contributed by atoms with Gasteiger partial charge in [-0.15, -0.1) is 0 Å². The third kappa shape index (κ3) is 2.00. The molecule has 0 spiro atoms. The Kier molecular flexibility index (Phi) is 2.57. The number of benzene rings is 2. The number of ketones is 1. The average Bonchev–Trinajstić information content (AvgIpc) is 3.09. The molecule has 2 aliphatic rings. The summed E-state index contributed by atoms with van der Waals surface area (Å²) >= 11 is 0. The van der Waals surface area contributed by atoms with Crippen LogP contribution in [0.2, 0.25) is 0 Å². The summed E-state index contributed by atoms with van der Waals surface area (Å²) in [6.07, 6.45) is 1.19. The molecule has 0 aliphatic carbocycles. The van der Waals surface area contributed by atoms with Crippen molar-refractivity contribution in [2.45, 2.75) is 12.8 Å². The monoisotopic (exact) mass is 279 g/mol. The minimum Gasteiger partial charge on any atom is -0.493 e. The molecule has 0 saturated heterocycles. The first-order valence-corrected chi connectivity index (χ1v) is 6.94. The zero-order valence-corrected chi connectivity index (χ0v) is 11.3. The topological polar surface area (TPSA) is 55.4 Å². The second-order valence-corrected chi connectivity index (χ2v) is 5.35. The second-order valence-electron chi connectivity index (χ2n) is 5.35. The Morgan fingerprint density at radius 1 is 1.05 bits per heavy atom. The van der Waals surface area contributed by atoms with E-state index in [1.54, 1.807) is 24.3 Å². The number of fused-ring (bicyclic) bond motifs is 2. The van der Waals surface area contributed by atoms with Crippen LogP contribution in [0.1, 0.15) is 27.0 Å². The predicted octanol–water partition coefficient (Wildman–Crippen LogP) is 2.35. The number of hydrogen-bond donors (Lipinski definition) is 1. The maximum atomic E-state index is 12.6. The Hall–Kier alpha value is -2.62. The van der Waals surface area contributed by atoms with Crippen molar-refractivity contribution in [3.8, 4) is 5.75 Å². The highest BCUT2D eigenvalue weighted by atomic mass is 16.5. The number of rotatable bonds is 2. The van der Waals surface area contributed by atoms with Gasteiger partial charge in [0.2, 0.25) is 5.91 Å². The highest BCUT2D eigenvalue weighted by Gasteiger charge is 2.20. The van der Waals surface area contributed by atoms with Crippen LogP contribution in [0.3, 0.4) is 0 Å². The Labute approximate surface area is 121 Å². The number of nitrogens with one attached hydrogen (secondary N) is 1. The van der Waals surface area contributed by atoms with E-state index in [4.69, 9.17) is 4.74 Å². The lowest BCUT2D eigenvalue weighted by atomic mass is 9.98. The van der Waals surface area contributed by atoms with Crippen molar-refractivity contribution in [3.63, 3.8) is 0 Å². The van der Waals surface area contributed by atoms with Crippen LogP contribution in [0, 0.1) is 0 Å². The van der Waals surface area contributed by atoms with Crippen molar-refractivity contribution in [3.05, 3.63) is 58.7 Å². The van der Waals surface area contributed by atoms with Gasteiger partial charge in [-0.25, -0.2) is 0 Å². The Bertz CT molecular complexity index is 780. The summed E-state index contributed by atoms with van der Waals surface area (Å²) in [7, 11) is 0. The van der Waals surface area contributed by atoms with Crippen LogP contribution >= 0.6 is 0 Å². The molecule has 0 fully saturated rings. The Morgan fingerprint density at radius 2 is 1.81 bits per heavy atom. The quantitative estimate of drug-likeness (QED) is 0.858. The van der Waals surface area contributed by atoms with E-state index >= 15 is 0 Å². The van der Waals surface area contributed by atoms with Crippen LogP contribution in [0.15, 0.2) is 36.4 Å².